The van der Waals surface area contributed by atoms with Crippen molar-refractivity contribution in [3.63, 3.8) is 0 Å². The number of Topliss-reactive ketones (excluding diaryl/α,β-unsaturated/α-hetero) is 1. The molecule has 0 aliphatic heterocycles. The summed E-state index contributed by atoms with van der Waals surface area (Å²) < 4.78 is 0. The lowest BCUT2D eigenvalue weighted by Crippen LogP contribution is -2.47. The number of H-pyrrole nitrogens is 1. The third kappa shape index (κ3) is 6.95. The zero-order valence-electron chi connectivity index (χ0n) is 24.0. The number of nitrogens with one attached hydrogen (secondary N) is 3. The van der Waals surface area contributed by atoms with E-state index in [1.54, 1.807) is 13.0 Å². The number of fused-ring (bicyclic) bond motifs is 2. The van der Waals surface area contributed by atoms with E-state index in [2.05, 4.69) is 39.9 Å². The molecule has 42 heavy (non-hydrogen) atoms. The minimum absolute atomic E-state index is 0.167. The number of unbranched alkanes of at least 4 members (excludes halogenated alkanes) is 2. The van der Waals surface area contributed by atoms with Crippen molar-refractivity contribution in [1.29, 1.82) is 0 Å². The summed E-state index contributed by atoms with van der Waals surface area (Å²) in [6.45, 7) is 2.03. The molecule has 0 bridgehead atoms. The van der Waals surface area contributed by atoms with Gasteiger partial charge in [-0.15, -0.1) is 0 Å². The fraction of sp³-hybridized carbons (Fsp3) is 0.250. The Morgan fingerprint density at radius 3 is 2.29 bits per heavy atom. The Morgan fingerprint density at radius 2 is 1.48 bits per heavy atom. The van der Waals surface area contributed by atoms with Gasteiger partial charge in [-0.1, -0.05) is 97.8 Å². The average molecular weight is 560 g/mol. The van der Waals surface area contributed by atoms with Crippen LogP contribution < -0.4 is 10.6 Å². The Hall–Kier alpha value is -4.71. The molecule has 0 unspecified atom stereocenters. The highest BCUT2D eigenvalue weighted by atomic mass is 16.2. The Bertz CT molecular complexity index is 1680. The number of rotatable bonds is 13. The highest BCUT2D eigenvalue weighted by Gasteiger charge is 2.22. The van der Waals surface area contributed by atoms with Crippen LogP contribution >= 0.6 is 0 Å². The molecular weight excluding hydrogens is 522 g/mol. The normalized spacial score (nSPS) is 11.8. The second kappa shape index (κ2) is 13.8. The molecule has 5 aromatic rings. The van der Waals surface area contributed by atoms with Crippen LogP contribution in [-0.4, -0.2) is 35.2 Å². The van der Waals surface area contributed by atoms with Crippen LogP contribution in [0.2, 0.25) is 0 Å². The van der Waals surface area contributed by atoms with E-state index in [9.17, 15) is 14.4 Å². The minimum atomic E-state index is -0.676. The molecule has 2 amide bonds. The predicted octanol–water partition coefficient (Wildman–Crippen LogP) is 6.98. The third-order valence-electron chi connectivity index (χ3n) is 7.73. The van der Waals surface area contributed by atoms with Gasteiger partial charge in [-0.25, -0.2) is 0 Å². The first-order chi connectivity index (χ1) is 20.5. The lowest BCUT2D eigenvalue weighted by atomic mass is 10.0. The molecule has 0 fully saturated rings. The number of hydrogen-bond acceptors (Lipinski definition) is 3. The fourth-order valence-corrected chi connectivity index (χ4v) is 5.57. The van der Waals surface area contributed by atoms with Crippen LogP contribution in [0.25, 0.3) is 32.9 Å². The minimum Gasteiger partial charge on any atom is -0.354 e. The van der Waals surface area contributed by atoms with Crippen molar-refractivity contribution in [1.82, 2.24) is 15.6 Å². The van der Waals surface area contributed by atoms with Crippen LogP contribution in [0, 0.1) is 0 Å². The van der Waals surface area contributed by atoms with E-state index in [1.807, 2.05) is 66.7 Å². The lowest BCUT2D eigenvalue weighted by Gasteiger charge is -2.19. The molecule has 4 aromatic carbocycles. The van der Waals surface area contributed by atoms with Crippen LogP contribution in [0.3, 0.4) is 0 Å². The van der Waals surface area contributed by atoms with Gasteiger partial charge in [-0.2, -0.15) is 0 Å². The molecule has 0 saturated carbocycles. The maximum atomic E-state index is 13.5. The molecule has 6 nitrogen and oxygen atoms in total. The molecule has 0 saturated heterocycles. The number of aromatic amines is 1. The second-order valence-electron chi connectivity index (χ2n) is 10.8. The van der Waals surface area contributed by atoms with Crippen LogP contribution in [0.5, 0.6) is 0 Å². The Kier molecular flexibility index (Phi) is 9.44. The highest BCUT2D eigenvalue weighted by Crippen LogP contribution is 2.30. The van der Waals surface area contributed by atoms with Crippen LogP contribution in [0.1, 0.15) is 54.9 Å². The van der Waals surface area contributed by atoms with Gasteiger partial charge in [0, 0.05) is 35.1 Å². The quantitative estimate of drug-likeness (QED) is 0.136. The van der Waals surface area contributed by atoms with Gasteiger partial charge in [0.25, 0.3) is 5.91 Å². The standard InChI is InChI=1S/C36H37N3O3/c1-25(40)13-4-2-7-22-33(39-35(41)31-20-12-17-26-14-8-9-18-28(26)31)36(42)37-24-23-30-29-19-10-11-21-32(29)38-34(30)27-15-5-3-6-16-27/h3,5-6,8-12,14-21,33,38H,2,4,7,13,22-24H2,1H3,(H,37,42)(H,39,41)/t33-/m0/s1. The lowest BCUT2D eigenvalue weighted by molar-refractivity contribution is -0.123. The first-order valence-electron chi connectivity index (χ1n) is 14.7. The fourth-order valence-electron chi connectivity index (χ4n) is 5.57. The molecule has 0 aliphatic rings. The van der Waals surface area contributed by atoms with Gasteiger partial charge in [0.1, 0.15) is 11.8 Å². The van der Waals surface area contributed by atoms with Gasteiger partial charge >= 0.3 is 0 Å². The van der Waals surface area contributed by atoms with Gasteiger partial charge in [-0.3, -0.25) is 9.59 Å². The largest absolute Gasteiger partial charge is 0.354 e. The maximum Gasteiger partial charge on any atom is 0.252 e. The molecule has 1 aromatic heterocycles. The first-order valence-corrected chi connectivity index (χ1v) is 14.7. The van der Waals surface area contributed by atoms with E-state index in [4.69, 9.17) is 0 Å². The molecule has 3 N–H and O–H groups in total. The summed E-state index contributed by atoms with van der Waals surface area (Å²) in [7, 11) is 0. The molecule has 0 aliphatic carbocycles. The van der Waals surface area contributed by atoms with E-state index in [-0.39, 0.29) is 17.6 Å². The number of amides is 2. The number of ketones is 1. The van der Waals surface area contributed by atoms with Crippen molar-refractivity contribution in [3.05, 3.63) is 108 Å². The van der Waals surface area contributed by atoms with Gasteiger partial charge < -0.3 is 20.4 Å². The summed E-state index contributed by atoms with van der Waals surface area (Å²) in [6, 6.07) is 31.1. The van der Waals surface area contributed by atoms with E-state index >= 15 is 0 Å². The van der Waals surface area contributed by atoms with Gasteiger partial charge in [0.2, 0.25) is 5.91 Å². The number of hydrogen-bond donors (Lipinski definition) is 3. The first kappa shape index (κ1) is 28.8. The maximum absolute atomic E-state index is 13.5. The third-order valence-corrected chi connectivity index (χ3v) is 7.73. The summed E-state index contributed by atoms with van der Waals surface area (Å²) in [5.74, 6) is -0.296. The average Bonchev–Trinajstić information content (AvgIpc) is 3.38. The predicted molar refractivity (Wildman–Crippen MR) is 169 cm³/mol. The zero-order valence-corrected chi connectivity index (χ0v) is 24.0. The van der Waals surface area contributed by atoms with Crippen molar-refractivity contribution in [2.75, 3.05) is 6.54 Å². The van der Waals surface area contributed by atoms with E-state index < -0.39 is 6.04 Å². The van der Waals surface area contributed by atoms with Gasteiger partial charge in [0.05, 0.1) is 0 Å². The number of aromatic nitrogens is 1. The summed E-state index contributed by atoms with van der Waals surface area (Å²) in [5.41, 5.74) is 4.91. The second-order valence-corrected chi connectivity index (χ2v) is 10.8. The highest BCUT2D eigenvalue weighted by molar-refractivity contribution is 6.08. The van der Waals surface area contributed by atoms with E-state index in [1.165, 1.54) is 0 Å². The number of carbonyl (C=O) groups is 3. The Morgan fingerprint density at radius 1 is 0.762 bits per heavy atom. The smallest absolute Gasteiger partial charge is 0.252 e. The molecule has 214 valence electrons. The molecule has 0 spiro atoms. The SMILES string of the molecule is CC(=O)CCCCC[C@H](NC(=O)c1cccc2ccccc12)C(=O)NCCc1c(-c2ccccc2)[nH]c2ccccc12. The topological polar surface area (TPSA) is 91.1 Å². The van der Waals surface area contributed by atoms with Crippen molar-refractivity contribution < 1.29 is 14.4 Å². The summed E-state index contributed by atoms with van der Waals surface area (Å²) >= 11 is 0. The monoisotopic (exact) mass is 559 g/mol. The zero-order chi connectivity index (χ0) is 29.3. The summed E-state index contributed by atoms with van der Waals surface area (Å²) in [5, 5.41) is 9.07. The number of carbonyl (C=O) groups excluding carboxylic acids is 3. The molecule has 1 heterocycles. The summed E-state index contributed by atoms with van der Waals surface area (Å²) in [4.78, 5) is 41.8. The van der Waals surface area contributed by atoms with Gasteiger partial charge in [-0.05, 0) is 60.2 Å². The molecule has 6 heteroatoms. The van der Waals surface area contributed by atoms with Crippen LogP contribution in [0.4, 0.5) is 0 Å². The molecular formula is C36H37N3O3. The van der Waals surface area contributed by atoms with E-state index in [0.29, 0.717) is 31.4 Å². The van der Waals surface area contributed by atoms with Gasteiger partial charge in [0.15, 0.2) is 0 Å². The van der Waals surface area contributed by atoms with Crippen molar-refractivity contribution in [3.8, 4) is 11.3 Å². The number of benzene rings is 4. The Labute approximate surface area is 246 Å². The van der Waals surface area contributed by atoms with Crippen LogP contribution in [-0.2, 0) is 16.0 Å². The molecule has 0 radical (unpaired) electrons. The van der Waals surface area contributed by atoms with E-state index in [0.717, 1.165) is 57.8 Å². The van der Waals surface area contributed by atoms with Crippen molar-refractivity contribution in [2.24, 2.45) is 0 Å². The number of para-hydroxylation sites is 1. The molecule has 5 rings (SSSR count). The van der Waals surface area contributed by atoms with Crippen LogP contribution in [0.15, 0.2) is 97.1 Å². The van der Waals surface area contributed by atoms with Crippen molar-refractivity contribution >= 4 is 39.3 Å². The summed E-state index contributed by atoms with van der Waals surface area (Å²) in [6.07, 6.45) is 4.02. The molecule has 1 atom stereocenters. The van der Waals surface area contributed by atoms with Crippen molar-refractivity contribution in [2.45, 2.75) is 51.5 Å². The Balaban J connectivity index is 1.30.